The van der Waals surface area contributed by atoms with E-state index in [1.807, 2.05) is 55.1 Å². The molecule has 1 N–H and O–H groups in total. The number of carbonyl (C=O) groups excluding carboxylic acids is 1. The van der Waals surface area contributed by atoms with E-state index in [0.29, 0.717) is 5.75 Å². The van der Waals surface area contributed by atoms with E-state index in [4.69, 9.17) is 4.74 Å². The molecule has 0 aliphatic rings. The molecule has 0 aliphatic heterocycles. The molecule has 2 aromatic heterocycles. The van der Waals surface area contributed by atoms with Gasteiger partial charge in [-0.15, -0.1) is 0 Å². The molecule has 0 spiro atoms. The first-order chi connectivity index (χ1) is 12.2. The van der Waals surface area contributed by atoms with E-state index < -0.39 is 0 Å². The molecular weight excluding hydrogens is 314 g/mol. The zero-order valence-electron chi connectivity index (χ0n) is 13.7. The van der Waals surface area contributed by atoms with Gasteiger partial charge in [0.2, 0.25) is 0 Å². The number of ether oxygens (including phenoxy) is 1. The molecule has 0 saturated carbocycles. The summed E-state index contributed by atoms with van der Waals surface area (Å²) >= 11 is 0. The number of nitrogens with zero attached hydrogens (tertiary/aromatic N) is 2. The van der Waals surface area contributed by atoms with Gasteiger partial charge >= 0.3 is 5.97 Å². The summed E-state index contributed by atoms with van der Waals surface area (Å²) in [7, 11) is 0. The quantitative estimate of drug-likeness (QED) is 0.455. The van der Waals surface area contributed by atoms with Gasteiger partial charge in [0.15, 0.2) is 0 Å². The van der Waals surface area contributed by atoms with Crippen LogP contribution in [-0.4, -0.2) is 20.5 Å². The summed E-state index contributed by atoms with van der Waals surface area (Å²) in [5.41, 5.74) is 3.34. The van der Waals surface area contributed by atoms with Crippen molar-refractivity contribution < 1.29 is 9.53 Å². The molecule has 2 heterocycles. The Bertz CT molecular complexity index is 1000. The Morgan fingerprint density at radius 2 is 1.96 bits per heavy atom. The molecule has 1 atom stereocenters. The summed E-state index contributed by atoms with van der Waals surface area (Å²) in [4.78, 5) is 18.6. The molecule has 0 radical (unpaired) electrons. The number of nitrogens with one attached hydrogen (secondary N) is 1. The topological polar surface area (TPSA) is 59.9 Å². The Morgan fingerprint density at radius 3 is 2.68 bits per heavy atom. The third kappa shape index (κ3) is 2.92. The first-order valence-electron chi connectivity index (χ1n) is 8.04. The molecule has 124 valence electrons. The van der Waals surface area contributed by atoms with Crippen LogP contribution in [0.2, 0.25) is 0 Å². The summed E-state index contributed by atoms with van der Waals surface area (Å²) < 4.78 is 7.20. The Labute approximate surface area is 144 Å². The second-order valence-electron chi connectivity index (χ2n) is 5.86. The molecule has 5 heteroatoms. The lowest BCUT2D eigenvalue weighted by molar-refractivity contribution is -0.131. The van der Waals surface area contributed by atoms with Gasteiger partial charge in [0.1, 0.15) is 5.75 Å². The van der Waals surface area contributed by atoms with Crippen LogP contribution in [0.3, 0.4) is 0 Å². The fraction of sp³-hybridized carbons (Fsp3) is 0.100. The number of hydrogen-bond donors (Lipinski definition) is 1. The number of aromatic amines is 1. The zero-order valence-corrected chi connectivity index (χ0v) is 13.7. The van der Waals surface area contributed by atoms with Crippen molar-refractivity contribution in [2.75, 3.05) is 0 Å². The third-order valence-electron chi connectivity index (χ3n) is 4.20. The highest BCUT2D eigenvalue weighted by Gasteiger charge is 2.19. The highest BCUT2D eigenvalue weighted by Crippen LogP contribution is 2.32. The Hall–Kier alpha value is -3.34. The molecule has 1 unspecified atom stereocenters. The summed E-state index contributed by atoms with van der Waals surface area (Å²) in [6.07, 6.45) is 7.57. The molecule has 2 aromatic carbocycles. The van der Waals surface area contributed by atoms with Crippen molar-refractivity contribution in [3.63, 3.8) is 0 Å². The number of carbonyl (C=O) groups is 1. The number of rotatable bonds is 4. The summed E-state index contributed by atoms with van der Waals surface area (Å²) in [6, 6.07) is 15.8. The number of aromatic nitrogens is 3. The molecule has 0 saturated heterocycles. The molecule has 25 heavy (non-hydrogen) atoms. The lowest BCUT2D eigenvalue weighted by atomic mass is 9.98. The van der Waals surface area contributed by atoms with E-state index in [1.165, 1.54) is 12.3 Å². The maximum Gasteiger partial charge on any atom is 0.308 e. The first-order valence-corrected chi connectivity index (χ1v) is 8.04. The fourth-order valence-corrected chi connectivity index (χ4v) is 3.14. The molecule has 4 rings (SSSR count). The van der Waals surface area contributed by atoms with Crippen LogP contribution in [0.25, 0.3) is 10.9 Å². The summed E-state index contributed by atoms with van der Waals surface area (Å²) in [5.74, 6) is 0.218. The average molecular weight is 331 g/mol. The maximum absolute atomic E-state index is 11.1. The zero-order chi connectivity index (χ0) is 17.2. The van der Waals surface area contributed by atoms with Crippen molar-refractivity contribution >= 4 is 16.9 Å². The van der Waals surface area contributed by atoms with Gasteiger partial charge in [0.05, 0.1) is 12.4 Å². The standard InChI is InChI=1S/C20H17N3O2/c1-14(24)25-16-8-6-15(7-9-16)20(23-11-10-21-13-23)18-12-22-19-5-3-2-4-17(18)19/h2-13,20,22H,1H3. The second-order valence-corrected chi connectivity index (χ2v) is 5.86. The lowest BCUT2D eigenvalue weighted by Gasteiger charge is -2.19. The van der Waals surface area contributed by atoms with Crippen molar-refractivity contribution in [2.24, 2.45) is 0 Å². The summed E-state index contributed by atoms with van der Waals surface area (Å²) in [6.45, 7) is 1.40. The van der Waals surface area contributed by atoms with Crippen LogP contribution in [0.5, 0.6) is 5.75 Å². The molecule has 0 bridgehead atoms. The number of esters is 1. The van der Waals surface area contributed by atoms with E-state index in [-0.39, 0.29) is 12.0 Å². The Balaban J connectivity index is 1.81. The minimum Gasteiger partial charge on any atom is -0.427 e. The first kappa shape index (κ1) is 15.2. The van der Waals surface area contributed by atoms with Crippen molar-refractivity contribution in [2.45, 2.75) is 13.0 Å². The predicted molar refractivity (Wildman–Crippen MR) is 95.5 cm³/mol. The number of para-hydroxylation sites is 1. The number of imidazole rings is 1. The number of H-pyrrole nitrogens is 1. The summed E-state index contributed by atoms with van der Waals surface area (Å²) in [5, 5.41) is 1.17. The molecule has 0 amide bonds. The lowest BCUT2D eigenvalue weighted by Crippen LogP contribution is -2.10. The van der Waals surface area contributed by atoms with Crippen molar-refractivity contribution in [1.82, 2.24) is 14.5 Å². The number of fused-ring (bicyclic) bond motifs is 1. The van der Waals surface area contributed by atoms with E-state index in [0.717, 1.165) is 16.6 Å². The predicted octanol–water partition coefficient (Wildman–Crippen LogP) is 3.93. The van der Waals surface area contributed by atoms with Gasteiger partial charge in [-0.1, -0.05) is 30.3 Å². The van der Waals surface area contributed by atoms with Crippen molar-refractivity contribution in [3.8, 4) is 5.75 Å². The highest BCUT2D eigenvalue weighted by molar-refractivity contribution is 5.84. The van der Waals surface area contributed by atoms with Gasteiger partial charge in [-0.25, -0.2) is 4.98 Å². The molecule has 0 fully saturated rings. The van der Waals surface area contributed by atoms with Crippen LogP contribution >= 0.6 is 0 Å². The van der Waals surface area contributed by atoms with E-state index in [9.17, 15) is 4.79 Å². The number of hydrogen-bond acceptors (Lipinski definition) is 3. The van der Waals surface area contributed by atoms with Crippen LogP contribution < -0.4 is 4.74 Å². The van der Waals surface area contributed by atoms with E-state index in [1.54, 1.807) is 6.20 Å². The van der Waals surface area contributed by atoms with Gasteiger partial charge in [0.25, 0.3) is 0 Å². The van der Waals surface area contributed by atoms with Crippen LogP contribution in [0.4, 0.5) is 0 Å². The van der Waals surface area contributed by atoms with Crippen LogP contribution in [0, 0.1) is 0 Å². The number of benzene rings is 2. The largest absolute Gasteiger partial charge is 0.427 e. The smallest absolute Gasteiger partial charge is 0.308 e. The normalized spacial score (nSPS) is 12.2. The van der Waals surface area contributed by atoms with Gasteiger partial charge in [-0.2, -0.15) is 0 Å². The maximum atomic E-state index is 11.1. The molecular formula is C20H17N3O2. The third-order valence-corrected chi connectivity index (χ3v) is 4.20. The van der Waals surface area contributed by atoms with Crippen LogP contribution in [-0.2, 0) is 4.79 Å². The minimum absolute atomic E-state index is 0.0231. The van der Waals surface area contributed by atoms with Crippen molar-refractivity contribution in [1.29, 1.82) is 0 Å². The van der Waals surface area contributed by atoms with E-state index >= 15 is 0 Å². The second kappa shape index (κ2) is 6.28. The highest BCUT2D eigenvalue weighted by atomic mass is 16.5. The van der Waals surface area contributed by atoms with Gasteiger partial charge < -0.3 is 14.3 Å². The monoisotopic (exact) mass is 331 g/mol. The van der Waals surface area contributed by atoms with Gasteiger partial charge in [-0.3, -0.25) is 4.79 Å². The Kier molecular flexibility index (Phi) is 3.82. The van der Waals surface area contributed by atoms with Crippen LogP contribution in [0.15, 0.2) is 73.4 Å². The molecule has 0 aliphatic carbocycles. The molecule has 4 aromatic rings. The minimum atomic E-state index is -0.324. The average Bonchev–Trinajstić information content (AvgIpc) is 3.27. The van der Waals surface area contributed by atoms with Gasteiger partial charge in [-0.05, 0) is 23.8 Å². The molecule has 5 nitrogen and oxygen atoms in total. The van der Waals surface area contributed by atoms with Gasteiger partial charge in [0, 0.05) is 42.0 Å². The fourth-order valence-electron chi connectivity index (χ4n) is 3.14. The Morgan fingerprint density at radius 1 is 1.16 bits per heavy atom. The van der Waals surface area contributed by atoms with Crippen LogP contribution in [0.1, 0.15) is 24.1 Å². The van der Waals surface area contributed by atoms with E-state index in [2.05, 4.69) is 26.7 Å². The SMILES string of the molecule is CC(=O)Oc1ccc(C(c2c[nH]c3ccccc23)n2ccnc2)cc1. The van der Waals surface area contributed by atoms with Crippen molar-refractivity contribution in [3.05, 3.63) is 84.6 Å².